The van der Waals surface area contributed by atoms with Crippen molar-refractivity contribution >= 4 is 27.6 Å². The van der Waals surface area contributed by atoms with Crippen molar-refractivity contribution in [1.29, 1.82) is 0 Å². The van der Waals surface area contributed by atoms with Gasteiger partial charge in [-0.1, -0.05) is 54.6 Å². The van der Waals surface area contributed by atoms with E-state index in [9.17, 15) is 4.79 Å². The van der Waals surface area contributed by atoms with E-state index < -0.39 is 5.24 Å². The van der Waals surface area contributed by atoms with E-state index >= 15 is 0 Å². The van der Waals surface area contributed by atoms with Crippen LogP contribution in [0.4, 0.5) is 0 Å². The minimum atomic E-state index is -0.576. The second-order valence-corrected chi connectivity index (χ2v) is 4.29. The van der Waals surface area contributed by atoms with Gasteiger partial charge in [0.05, 0.1) is 0 Å². The third-order valence-corrected chi connectivity index (χ3v) is 3.01. The highest BCUT2D eigenvalue weighted by Gasteiger charge is 2.17. The summed E-state index contributed by atoms with van der Waals surface area (Å²) in [5.41, 5.74) is 0.929. The summed E-state index contributed by atoms with van der Waals surface area (Å²) < 4.78 is 5.63. The van der Waals surface area contributed by atoms with Gasteiger partial charge in [0.1, 0.15) is 5.76 Å². The van der Waals surface area contributed by atoms with E-state index in [4.69, 9.17) is 16.0 Å². The van der Waals surface area contributed by atoms with Gasteiger partial charge in [0, 0.05) is 16.3 Å². The van der Waals surface area contributed by atoms with Gasteiger partial charge in [-0.25, -0.2) is 0 Å². The smallest absolute Gasteiger partial charge is 0.288 e. The molecule has 2 nitrogen and oxygen atoms in total. The molecule has 0 aliphatic carbocycles. The molecular formula is C15H9ClO2. The van der Waals surface area contributed by atoms with Crippen LogP contribution < -0.4 is 0 Å². The monoisotopic (exact) mass is 256 g/mol. The Kier molecular flexibility index (Phi) is 2.65. The number of fused-ring (bicyclic) bond motifs is 1. The molecule has 0 radical (unpaired) electrons. The Morgan fingerprint density at radius 3 is 2.17 bits per heavy atom. The van der Waals surface area contributed by atoms with Gasteiger partial charge < -0.3 is 4.42 Å². The first-order chi connectivity index (χ1) is 8.77. The molecule has 0 saturated heterocycles. The van der Waals surface area contributed by atoms with Crippen molar-refractivity contribution in [2.45, 2.75) is 0 Å². The largest absolute Gasteiger partial charge is 0.450 e. The molecule has 0 fully saturated rings. The van der Waals surface area contributed by atoms with E-state index in [2.05, 4.69) is 0 Å². The molecule has 0 N–H and O–H groups in total. The predicted molar refractivity (Wildman–Crippen MR) is 71.8 cm³/mol. The van der Waals surface area contributed by atoms with Gasteiger partial charge in [-0.2, -0.15) is 0 Å². The highest BCUT2D eigenvalue weighted by Crippen LogP contribution is 2.34. The summed E-state index contributed by atoms with van der Waals surface area (Å²) in [6.45, 7) is 0. The summed E-state index contributed by atoms with van der Waals surface area (Å²) in [6.07, 6.45) is 0. The Labute approximate surface area is 109 Å². The minimum absolute atomic E-state index is 0.200. The van der Waals surface area contributed by atoms with Crippen LogP contribution in [-0.2, 0) is 0 Å². The maximum absolute atomic E-state index is 11.4. The van der Waals surface area contributed by atoms with Crippen LogP contribution >= 0.6 is 11.6 Å². The summed E-state index contributed by atoms with van der Waals surface area (Å²) in [5, 5.41) is 1.07. The zero-order valence-electron chi connectivity index (χ0n) is 9.39. The Morgan fingerprint density at radius 2 is 1.50 bits per heavy atom. The molecule has 0 aliphatic heterocycles. The van der Waals surface area contributed by atoms with E-state index in [1.807, 2.05) is 54.6 Å². The summed E-state index contributed by atoms with van der Waals surface area (Å²) >= 11 is 5.55. The van der Waals surface area contributed by atoms with Crippen LogP contribution in [0.3, 0.4) is 0 Å². The second-order valence-electron chi connectivity index (χ2n) is 3.95. The summed E-state index contributed by atoms with van der Waals surface area (Å²) in [4.78, 5) is 11.4. The molecule has 0 saturated carbocycles. The minimum Gasteiger partial charge on any atom is -0.450 e. The quantitative estimate of drug-likeness (QED) is 0.633. The lowest BCUT2D eigenvalue weighted by atomic mass is 10.1. The molecule has 3 heteroatoms. The average molecular weight is 257 g/mol. The van der Waals surface area contributed by atoms with Crippen molar-refractivity contribution in [2.24, 2.45) is 0 Å². The van der Waals surface area contributed by atoms with Gasteiger partial charge in [0.2, 0.25) is 0 Å². The number of halogens is 1. The molecule has 3 aromatic rings. The number of carbonyl (C=O) groups is 1. The van der Waals surface area contributed by atoms with Gasteiger partial charge in [0.15, 0.2) is 5.76 Å². The van der Waals surface area contributed by atoms with Crippen molar-refractivity contribution in [3.05, 3.63) is 60.4 Å². The highest BCUT2D eigenvalue weighted by atomic mass is 35.5. The zero-order chi connectivity index (χ0) is 12.5. The lowest BCUT2D eigenvalue weighted by molar-refractivity contribution is 0.106. The average Bonchev–Trinajstić information content (AvgIpc) is 2.79. The summed E-state index contributed by atoms with van der Waals surface area (Å²) in [6, 6.07) is 17.2. The molecule has 0 spiro atoms. The number of rotatable bonds is 2. The maximum atomic E-state index is 11.4. The van der Waals surface area contributed by atoms with Crippen LogP contribution in [0.2, 0.25) is 0 Å². The normalized spacial score (nSPS) is 10.7. The Hall–Kier alpha value is -2.06. The van der Waals surface area contributed by atoms with E-state index in [1.54, 1.807) is 0 Å². The van der Waals surface area contributed by atoms with Crippen LogP contribution in [0.1, 0.15) is 10.6 Å². The lowest BCUT2D eigenvalue weighted by Crippen LogP contribution is -1.84. The number of carbonyl (C=O) groups excluding carboxylic acids is 1. The van der Waals surface area contributed by atoms with Crippen molar-refractivity contribution in [3.63, 3.8) is 0 Å². The first-order valence-electron chi connectivity index (χ1n) is 5.54. The predicted octanol–water partition coefficient (Wildman–Crippen LogP) is 4.48. The van der Waals surface area contributed by atoms with Gasteiger partial charge in [0.25, 0.3) is 5.24 Å². The number of hydrogen-bond acceptors (Lipinski definition) is 2. The third-order valence-electron chi connectivity index (χ3n) is 2.83. The van der Waals surface area contributed by atoms with Crippen molar-refractivity contribution < 1.29 is 9.21 Å². The SMILES string of the molecule is O=C(Cl)c1oc(-c2ccccc2)c2ccccc12. The molecule has 88 valence electrons. The third kappa shape index (κ3) is 1.71. The molecular weight excluding hydrogens is 248 g/mol. The van der Waals surface area contributed by atoms with Crippen LogP contribution in [0, 0.1) is 0 Å². The highest BCUT2D eigenvalue weighted by molar-refractivity contribution is 6.68. The fourth-order valence-corrected chi connectivity index (χ4v) is 2.18. The first kappa shape index (κ1) is 11.1. The molecule has 0 unspecified atom stereocenters. The Bertz CT molecular complexity index is 714. The van der Waals surface area contributed by atoms with Gasteiger partial charge in [-0.05, 0) is 11.6 Å². The topological polar surface area (TPSA) is 30.2 Å². The zero-order valence-corrected chi connectivity index (χ0v) is 10.1. The van der Waals surface area contributed by atoms with Crippen LogP contribution in [-0.4, -0.2) is 5.24 Å². The summed E-state index contributed by atoms with van der Waals surface area (Å²) in [5.74, 6) is 0.876. The number of furan rings is 1. The molecule has 18 heavy (non-hydrogen) atoms. The Balaban J connectivity index is 2.34. The van der Waals surface area contributed by atoms with Crippen molar-refractivity contribution in [1.82, 2.24) is 0 Å². The van der Waals surface area contributed by atoms with Crippen LogP contribution in [0.5, 0.6) is 0 Å². The molecule has 1 aromatic heterocycles. The van der Waals surface area contributed by atoms with E-state index in [1.165, 1.54) is 0 Å². The molecule has 1 heterocycles. The molecule has 2 aromatic carbocycles. The molecule has 0 atom stereocenters. The summed E-state index contributed by atoms with van der Waals surface area (Å²) in [7, 11) is 0. The van der Waals surface area contributed by atoms with Crippen molar-refractivity contribution in [3.8, 4) is 11.3 Å². The molecule has 0 amide bonds. The molecule has 0 aliphatic rings. The van der Waals surface area contributed by atoms with E-state index in [-0.39, 0.29) is 5.76 Å². The van der Waals surface area contributed by atoms with Gasteiger partial charge >= 0.3 is 0 Å². The first-order valence-corrected chi connectivity index (χ1v) is 5.92. The van der Waals surface area contributed by atoms with Gasteiger partial charge in [-0.3, -0.25) is 4.79 Å². The van der Waals surface area contributed by atoms with Crippen molar-refractivity contribution in [2.75, 3.05) is 0 Å². The fraction of sp³-hybridized carbons (Fsp3) is 0. The number of benzene rings is 2. The molecule has 0 bridgehead atoms. The maximum Gasteiger partial charge on any atom is 0.288 e. The van der Waals surface area contributed by atoms with E-state index in [0.717, 1.165) is 16.3 Å². The van der Waals surface area contributed by atoms with Crippen LogP contribution in [0.15, 0.2) is 59.0 Å². The lowest BCUT2D eigenvalue weighted by Gasteiger charge is -1.96. The van der Waals surface area contributed by atoms with Crippen LogP contribution in [0.25, 0.3) is 22.1 Å². The van der Waals surface area contributed by atoms with Gasteiger partial charge in [-0.15, -0.1) is 0 Å². The molecule has 3 rings (SSSR count). The second kappa shape index (κ2) is 4.31. The Morgan fingerprint density at radius 1 is 0.889 bits per heavy atom. The fourth-order valence-electron chi connectivity index (χ4n) is 2.04. The number of hydrogen-bond donors (Lipinski definition) is 0. The van der Waals surface area contributed by atoms with E-state index in [0.29, 0.717) is 5.76 Å². The standard InChI is InChI=1S/C15H9ClO2/c16-15(17)14-12-9-5-4-8-11(12)13(18-14)10-6-2-1-3-7-10/h1-9H.